The van der Waals surface area contributed by atoms with Gasteiger partial charge >= 0.3 is 5.97 Å². The minimum absolute atomic E-state index is 0.209. The van der Waals surface area contributed by atoms with Crippen LogP contribution in [0.25, 0.3) is 16.8 Å². The third-order valence-corrected chi connectivity index (χ3v) is 3.40. The molecule has 22 heavy (non-hydrogen) atoms. The van der Waals surface area contributed by atoms with Crippen LogP contribution in [-0.4, -0.2) is 20.9 Å². The van der Waals surface area contributed by atoms with Crippen molar-refractivity contribution in [1.29, 1.82) is 0 Å². The van der Waals surface area contributed by atoms with E-state index in [1.165, 1.54) is 18.2 Å². The lowest BCUT2D eigenvalue weighted by molar-refractivity contribution is 0.0697. The Bertz CT molecular complexity index is 838. The molecule has 0 radical (unpaired) electrons. The van der Waals surface area contributed by atoms with Crippen molar-refractivity contribution in [2.24, 2.45) is 0 Å². The summed E-state index contributed by atoms with van der Waals surface area (Å²) in [4.78, 5) is 10.8. The highest BCUT2D eigenvalue weighted by molar-refractivity contribution is 5.87. The van der Waals surface area contributed by atoms with Gasteiger partial charge in [-0.05, 0) is 42.8 Å². The third kappa shape index (κ3) is 2.61. The maximum atomic E-state index is 14.0. The Morgan fingerprint density at radius 2 is 1.91 bits per heavy atom. The minimum Gasteiger partial charge on any atom is -0.478 e. The van der Waals surface area contributed by atoms with Crippen molar-refractivity contribution in [2.45, 2.75) is 6.92 Å². The van der Waals surface area contributed by atoms with Crippen molar-refractivity contribution in [1.82, 2.24) is 9.78 Å². The highest BCUT2D eigenvalue weighted by Crippen LogP contribution is 2.24. The summed E-state index contributed by atoms with van der Waals surface area (Å²) in [7, 11) is 0. The molecule has 0 atom stereocenters. The molecule has 1 aromatic heterocycles. The molecular formula is C17H13FN2O2. The average Bonchev–Trinajstić information content (AvgIpc) is 2.97. The third-order valence-electron chi connectivity index (χ3n) is 3.40. The van der Waals surface area contributed by atoms with E-state index >= 15 is 0 Å². The van der Waals surface area contributed by atoms with E-state index in [2.05, 4.69) is 5.10 Å². The number of aromatic carboxylic acids is 1. The molecule has 1 heterocycles. The second-order valence-corrected chi connectivity index (χ2v) is 5.01. The van der Waals surface area contributed by atoms with Gasteiger partial charge in [-0.1, -0.05) is 12.1 Å². The Labute approximate surface area is 126 Å². The maximum Gasteiger partial charge on any atom is 0.335 e. The molecule has 0 aliphatic carbocycles. The second kappa shape index (κ2) is 5.44. The molecule has 0 saturated carbocycles. The molecule has 0 unspecified atom stereocenters. The summed E-state index contributed by atoms with van der Waals surface area (Å²) in [6.07, 6.45) is 3.29. The van der Waals surface area contributed by atoms with Crippen LogP contribution in [0.15, 0.2) is 54.9 Å². The topological polar surface area (TPSA) is 55.1 Å². The Hall–Kier alpha value is -2.95. The molecular weight excluding hydrogens is 283 g/mol. The van der Waals surface area contributed by atoms with Crippen LogP contribution in [0.1, 0.15) is 15.9 Å². The number of benzene rings is 2. The van der Waals surface area contributed by atoms with Crippen molar-refractivity contribution in [3.05, 3.63) is 71.8 Å². The molecule has 4 nitrogen and oxygen atoms in total. The Morgan fingerprint density at radius 3 is 2.55 bits per heavy atom. The minimum atomic E-state index is -0.977. The normalized spacial score (nSPS) is 10.6. The molecule has 3 rings (SSSR count). The number of hydrogen-bond acceptors (Lipinski definition) is 2. The van der Waals surface area contributed by atoms with Gasteiger partial charge in [0, 0.05) is 17.3 Å². The Balaban J connectivity index is 1.95. The van der Waals surface area contributed by atoms with Crippen LogP contribution in [0.4, 0.5) is 4.39 Å². The molecule has 0 fully saturated rings. The van der Waals surface area contributed by atoms with E-state index in [4.69, 9.17) is 5.11 Å². The fourth-order valence-corrected chi connectivity index (χ4v) is 2.21. The first-order valence-electron chi connectivity index (χ1n) is 6.69. The smallest absolute Gasteiger partial charge is 0.335 e. The SMILES string of the molecule is Cc1ccc(-c2cnn(-c3ccc(C(=O)O)cc3)c2)c(F)c1. The zero-order chi connectivity index (χ0) is 15.7. The van der Waals surface area contributed by atoms with Gasteiger partial charge in [-0.25, -0.2) is 13.9 Å². The molecule has 110 valence electrons. The standard InChI is InChI=1S/C17H13FN2O2/c1-11-2-7-15(16(18)8-11)13-9-19-20(10-13)14-5-3-12(4-6-14)17(21)22/h2-10H,1H3,(H,21,22). The summed E-state index contributed by atoms with van der Waals surface area (Å²) >= 11 is 0. The van der Waals surface area contributed by atoms with Crippen molar-refractivity contribution in [3.8, 4) is 16.8 Å². The van der Waals surface area contributed by atoms with Gasteiger partial charge < -0.3 is 5.11 Å². The van der Waals surface area contributed by atoms with Gasteiger partial charge in [0.1, 0.15) is 5.82 Å². The van der Waals surface area contributed by atoms with E-state index in [0.717, 1.165) is 5.56 Å². The van der Waals surface area contributed by atoms with Crippen LogP contribution in [0.2, 0.25) is 0 Å². The highest BCUT2D eigenvalue weighted by atomic mass is 19.1. The van der Waals surface area contributed by atoms with Crippen LogP contribution < -0.4 is 0 Å². The number of aromatic nitrogens is 2. The van der Waals surface area contributed by atoms with E-state index in [-0.39, 0.29) is 11.4 Å². The molecule has 0 bridgehead atoms. The van der Waals surface area contributed by atoms with Crippen LogP contribution in [0, 0.1) is 12.7 Å². The Kier molecular flexibility index (Phi) is 3.47. The number of nitrogens with zero attached hydrogens (tertiary/aromatic N) is 2. The van der Waals surface area contributed by atoms with Gasteiger partial charge in [-0.2, -0.15) is 5.10 Å². The zero-order valence-electron chi connectivity index (χ0n) is 11.8. The lowest BCUT2D eigenvalue weighted by Crippen LogP contribution is -1.98. The van der Waals surface area contributed by atoms with E-state index < -0.39 is 5.97 Å². The number of aryl methyl sites for hydroxylation is 1. The van der Waals surface area contributed by atoms with Crippen LogP contribution >= 0.6 is 0 Å². The molecule has 0 aliphatic heterocycles. The average molecular weight is 296 g/mol. The first kappa shape index (κ1) is 14.0. The maximum absolute atomic E-state index is 14.0. The van der Waals surface area contributed by atoms with Gasteiger partial charge in [0.25, 0.3) is 0 Å². The van der Waals surface area contributed by atoms with Crippen LogP contribution in [-0.2, 0) is 0 Å². The van der Waals surface area contributed by atoms with Crippen molar-refractivity contribution in [2.75, 3.05) is 0 Å². The number of rotatable bonds is 3. The first-order valence-corrected chi connectivity index (χ1v) is 6.69. The quantitative estimate of drug-likeness (QED) is 0.802. The van der Waals surface area contributed by atoms with Gasteiger partial charge in [0.15, 0.2) is 0 Å². The summed E-state index contributed by atoms with van der Waals surface area (Å²) in [5, 5.41) is 13.1. The van der Waals surface area contributed by atoms with E-state index in [0.29, 0.717) is 16.8 Å². The lowest BCUT2D eigenvalue weighted by Gasteiger charge is -2.02. The molecule has 3 aromatic rings. The van der Waals surface area contributed by atoms with Crippen LogP contribution in [0.3, 0.4) is 0 Å². The number of carbonyl (C=O) groups is 1. The summed E-state index contributed by atoms with van der Waals surface area (Å²) in [5.41, 5.74) is 2.93. The summed E-state index contributed by atoms with van der Waals surface area (Å²) in [5.74, 6) is -1.27. The molecule has 2 aromatic carbocycles. The predicted octanol–water partition coefficient (Wildman–Crippen LogP) is 3.69. The second-order valence-electron chi connectivity index (χ2n) is 5.01. The molecule has 5 heteroatoms. The highest BCUT2D eigenvalue weighted by Gasteiger charge is 2.09. The van der Waals surface area contributed by atoms with Gasteiger partial charge in [0.2, 0.25) is 0 Å². The Morgan fingerprint density at radius 1 is 1.18 bits per heavy atom. The number of halogens is 1. The van der Waals surface area contributed by atoms with Crippen molar-refractivity contribution < 1.29 is 14.3 Å². The van der Waals surface area contributed by atoms with Gasteiger partial charge in [0.05, 0.1) is 17.4 Å². The largest absolute Gasteiger partial charge is 0.478 e. The summed E-state index contributed by atoms with van der Waals surface area (Å²) in [6, 6.07) is 11.4. The van der Waals surface area contributed by atoms with Crippen molar-refractivity contribution >= 4 is 5.97 Å². The molecule has 1 N–H and O–H groups in total. The molecule has 0 saturated heterocycles. The molecule has 0 aliphatic rings. The fraction of sp³-hybridized carbons (Fsp3) is 0.0588. The van der Waals surface area contributed by atoms with Crippen LogP contribution in [0.5, 0.6) is 0 Å². The van der Waals surface area contributed by atoms with Gasteiger partial charge in [-0.3, -0.25) is 0 Å². The number of hydrogen-bond donors (Lipinski definition) is 1. The monoisotopic (exact) mass is 296 g/mol. The molecule has 0 amide bonds. The van der Waals surface area contributed by atoms with Gasteiger partial charge in [-0.15, -0.1) is 0 Å². The summed E-state index contributed by atoms with van der Waals surface area (Å²) < 4.78 is 15.6. The van der Waals surface area contributed by atoms with Crippen molar-refractivity contribution in [3.63, 3.8) is 0 Å². The predicted molar refractivity (Wildman–Crippen MR) is 80.7 cm³/mol. The number of carboxylic acid groups (broad SMARTS) is 1. The van der Waals surface area contributed by atoms with E-state index in [9.17, 15) is 9.18 Å². The van der Waals surface area contributed by atoms with E-state index in [1.54, 1.807) is 35.3 Å². The first-order chi connectivity index (χ1) is 10.5. The summed E-state index contributed by atoms with van der Waals surface area (Å²) in [6.45, 7) is 1.83. The van der Waals surface area contributed by atoms with E-state index in [1.807, 2.05) is 13.0 Å². The zero-order valence-corrected chi connectivity index (χ0v) is 11.8. The lowest BCUT2D eigenvalue weighted by atomic mass is 10.1. The number of carboxylic acids is 1. The fourth-order valence-electron chi connectivity index (χ4n) is 2.21. The molecule has 0 spiro atoms.